The first-order valence-electron chi connectivity index (χ1n) is 9.22. The minimum absolute atomic E-state index is 0.329. The van der Waals surface area contributed by atoms with Crippen molar-refractivity contribution >= 4 is 11.6 Å². The Morgan fingerprint density at radius 1 is 1.10 bits per heavy atom. The highest BCUT2D eigenvalue weighted by molar-refractivity contribution is 5.75. The zero-order valence-electron chi connectivity index (χ0n) is 15.5. The number of hydrogen-bond acceptors (Lipinski definition) is 7. The molecule has 29 heavy (non-hydrogen) atoms. The van der Waals surface area contributed by atoms with Gasteiger partial charge in [-0.15, -0.1) is 0 Å². The van der Waals surface area contributed by atoms with Crippen molar-refractivity contribution in [3.8, 4) is 17.0 Å². The molecule has 9 heteroatoms. The van der Waals surface area contributed by atoms with Gasteiger partial charge in [-0.2, -0.15) is 9.78 Å². The Labute approximate surface area is 165 Å². The Morgan fingerprint density at radius 3 is 2.66 bits per heavy atom. The van der Waals surface area contributed by atoms with Crippen molar-refractivity contribution in [3.63, 3.8) is 0 Å². The number of aromatic nitrogens is 6. The van der Waals surface area contributed by atoms with Gasteiger partial charge in [0.25, 0.3) is 5.56 Å². The average Bonchev–Trinajstić information content (AvgIpc) is 3.23. The van der Waals surface area contributed by atoms with E-state index in [-0.39, 0.29) is 5.56 Å². The van der Waals surface area contributed by atoms with Crippen LogP contribution in [0.2, 0.25) is 0 Å². The summed E-state index contributed by atoms with van der Waals surface area (Å²) in [6.07, 6.45) is 0. The van der Waals surface area contributed by atoms with E-state index in [1.807, 2.05) is 61.5 Å². The van der Waals surface area contributed by atoms with Crippen LogP contribution in [0.4, 0.5) is 11.6 Å². The lowest BCUT2D eigenvalue weighted by atomic mass is 9.92. The van der Waals surface area contributed by atoms with E-state index in [0.29, 0.717) is 29.5 Å². The molecule has 5 rings (SSSR count). The van der Waals surface area contributed by atoms with Gasteiger partial charge in [-0.1, -0.05) is 47.6 Å². The number of tetrazole rings is 1. The van der Waals surface area contributed by atoms with E-state index in [4.69, 9.17) is 4.74 Å². The molecule has 144 valence electrons. The molecule has 0 fully saturated rings. The van der Waals surface area contributed by atoms with Crippen molar-refractivity contribution in [2.24, 2.45) is 0 Å². The molecule has 0 saturated carbocycles. The minimum atomic E-state index is -0.420. The average molecular weight is 387 g/mol. The zero-order chi connectivity index (χ0) is 19.8. The van der Waals surface area contributed by atoms with E-state index < -0.39 is 6.04 Å². The molecule has 3 heterocycles. The van der Waals surface area contributed by atoms with Gasteiger partial charge in [-0.25, -0.2) is 5.10 Å². The molecule has 2 N–H and O–H groups in total. The van der Waals surface area contributed by atoms with Gasteiger partial charge in [0.1, 0.15) is 17.5 Å². The smallest absolute Gasteiger partial charge is 0.288 e. The third-order valence-electron chi connectivity index (χ3n) is 4.82. The molecule has 0 saturated heterocycles. The maximum atomic E-state index is 12.6. The topological polar surface area (TPSA) is 111 Å². The van der Waals surface area contributed by atoms with Crippen molar-refractivity contribution in [3.05, 3.63) is 76.1 Å². The number of fused-ring (bicyclic) bond motifs is 2. The number of H-pyrrole nitrogens is 1. The van der Waals surface area contributed by atoms with Crippen molar-refractivity contribution < 1.29 is 4.74 Å². The quantitative estimate of drug-likeness (QED) is 0.487. The fourth-order valence-electron chi connectivity index (χ4n) is 3.57. The number of nitrogens with one attached hydrogen (secondary N) is 2. The standard InChI is InChI=1S/C20H17N7O2/c1-2-29-14-10-8-13(9-11-14)18-15-16(12-6-4-3-5-7-12)22-23-19(28)17(15)21-20-24-25-26-27(18)20/h3-11,18H,2H2,1H3,(H,23,28)(H,21,24,26)/t18-/m0/s1. The molecule has 2 aromatic heterocycles. The number of rotatable bonds is 4. The van der Waals surface area contributed by atoms with Crippen LogP contribution in [0.3, 0.4) is 0 Å². The van der Waals surface area contributed by atoms with Gasteiger partial charge >= 0.3 is 0 Å². The Bertz CT molecular complexity index is 1220. The predicted octanol–water partition coefficient (Wildman–Crippen LogP) is 2.52. The second-order valence-corrected chi connectivity index (χ2v) is 6.53. The van der Waals surface area contributed by atoms with Crippen LogP contribution in [0.15, 0.2) is 59.4 Å². The van der Waals surface area contributed by atoms with Crippen LogP contribution < -0.4 is 15.6 Å². The number of anilines is 2. The molecular weight excluding hydrogens is 370 g/mol. The predicted molar refractivity (Wildman–Crippen MR) is 106 cm³/mol. The lowest BCUT2D eigenvalue weighted by Gasteiger charge is -2.27. The Kier molecular flexibility index (Phi) is 4.05. The highest BCUT2D eigenvalue weighted by Gasteiger charge is 2.34. The van der Waals surface area contributed by atoms with Gasteiger partial charge in [0.15, 0.2) is 0 Å². The summed E-state index contributed by atoms with van der Waals surface area (Å²) < 4.78 is 7.22. The van der Waals surface area contributed by atoms with Gasteiger partial charge in [0.05, 0.1) is 12.3 Å². The summed E-state index contributed by atoms with van der Waals surface area (Å²) in [6, 6.07) is 17.0. The zero-order valence-corrected chi connectivity index (χ0v) is 15.5. The molecule has 4 aromatic rings. The molecule has 0 bridgehead atoms. The van der Waals surface area contributed by atoms with Gasteiger partial charge in [0, 0.05) is 11.1 Å². The summed E-state index contributed by atoms with van der Waals surface area (Å²) in [4.78, 5) is 12.6. The lowest BCUT2D eigenvalue weighted by molar-refractivity contribution is 0.340. The summed E-state index contributed by atoms with van der Waals surface area (Å²) in [5.74, 6) is 1.17. The largest absolute Gasteiger partial charge is 0.494 e. The lowest BCUT2D eigenvalue weighted by Crippen LogP contribution is -2.29. The summed E-state index contributed by atoms with van der Waals surface area (Å²) in [5, 5.41) is 21.9. The molecule has 1 atom stereocenters. The van der Waals surface area contributed by atoms with E-state index in [2.05, 4.69) is 31.0 Å². The molecule has 1 aliphatic heterocycles. The highest BCUT2D eigenvalue weighted by atomic mass is 16.5. The van der Waals surface area contributed by atoms with E-state index in [1.54, 1.807) is 4.68 Å². The Balaban J connectivity index is 1.75. The minimum Gasteiger partial charge on any atom is -0.494 e. The second kappa shape index (κ2) is 6.86. The number of nitrogens with zero attached hydrogens (tertiary/aromatic N) is 5. The first kappa shape index (κ1) is 17.1. The third kappa shape index (κ3) is 2.83. The maximum Gasteiger partial charge on any atom is 0.288 e. The number of aromatic amines is 1. The molecule has 0 spiro atoms. The van der Waals surface area contributed by atoms with Gasteiger partial charge in [0.2, 0.25) is 5.95 Å². The fraction of sp³-hybridized carbons (Fsp3) is 0.150. The summed E-state index contributed by atoms with van der Waals surface area (Å²) in [6.45, 7) is 2.53. The summed E-state index contributed by atoms with van der Waals surface area (Å²) >= 11 is 0. The molecule has 0 amide bonds. The van der Waals surface area contributed by atoms with E-state index in [9.17, 15) is 4.79 Å². The normalized spacial score (nSPS) is 14.6. The van der Waals surface area contributed by atoms with E-state index in [0.717, 1.165) is 16.9 Å². The van der Waals surface area contributed by atoms with Gasteiger partial charge in [-0.05, 0) is 35.0 Å². The van der Waals surface area contributed by atoms with Crippen molar-refractivity contribution in [1.82, 2.24) is 30.4 Å². The Morgan fingerprint density at radius 2 is 1.90 bits per heavy atom. The molecule has 2 aromatic carbocycles. The molecule has 0 unspecified atom stereocenters. The maximum absolute atomic E-state index is 12.6. The van der Waals surface area contributed by atoms with Crippen LogP contribution in [0.5, 0.6) is 5.75 Å². The number of benzene rings is 2. The van der Waals surface area contributed by atoms with Crippen molar-refractivity contribution in [2.45, 2.75) is 13.0 Å². The van der Waals surface area contributed by atoms with Gasteiger partial charge < -0.3 is 10.1 Å². The molecule has 1 aliphatic rings. The van der Waals surface area contributed by atoms with Crippen LogP contribution in [0.1, 0.15) is 24.1 Å². The SMILES string of the molecule is CCOc1ccc([C@H]2c3c(-c4ccccc4)n[nH]c(=O)c3Nc3nnnn32)cc1. The van der Waals surface area contributed by atoms with Gasteiger partial charge in [-0.3, -0.25) is 4.79 Å². The van der Waals surface area contributed by atoms with Crippen LogP contribution in [-0.2, 0) is 0 Å². The number of ether oxygens (including phenoxy) is 1. The molecule has 0 radical (unpaired) electrons. The summed E-state index contributed by atoms with van der Waals surface area (Å²) in [5.41, 5.74) is 3.23. The van der Waals surface area contributed by atoms with E-state index >= 15 is 0 Å². The molecule has 0 aliphatic carbocycles. The molecular formula is C20H17N7O2. The van der Waals surface area contributed by atoms with Crippen LogP contribution >= 0.6 is 0 Å². The van der Waals surface area contributed by atoms with Crippen LogP contribution in [0, 0.1) is 0 Å². The van der Waals surface area contributed by atoms with Crippen molar-refractivity contribution in [2.75, 3.05) is 11.9 Å². The van der Waals surface area contributed by atoms with E-state index in [1.165, 1.54) is 0 Å². The fourth-order valence-corrected chi connectivity index (χ4v) is 3.57. The first-order chi connectivity index (χ1) is 14.3. The summed E-state index contributed by atoms with van der Waals surface area (Å²) in [7, 11) is 0. The number of hydrogen-bond donors (Lipinski definition) is 2. The molecule has 9 nitrogen and oxygen atoms in total. The monoisotopic (exact) mass is 387 g/mol. The second-order valence-electron chi connectivity index (χ2n) is 6.53. The van der Waals surface area contributed by atoms with Crippen LogP contribution in [-0.4, -0.2) is 37.0 Å². The van der Waals surface area contributed by atoms with Crippen LogP contribution in [0.25, 0.3) is 11.3 Å². The third-order valence-corrected chi connectivity index (χ3v) is 4.82. The first-order valence-corrected chi connectivity index (χ1v) is 9.22. The highest BCUT2D eigenvalue weighted by Crippen LogP contribution is 2.41. The Hall–Kier alpha value is -4.01. The van der Waals surface area contributed by atoms with Crippen molar-refractivity contribution in [1.29, 1.82) is 0 Å².